The molecule has 0 aliphatic rings. The van der Waals surface area contributed by atoms with Gasteiger partial charge in [0.05, 0.1) is 0 Å². The molecular weight excluding hydrogens is 950 g/mol. The molecule has 62 heavy (non-hydrogen) atoms. The molecule has 0 N–H and O–H groups in total. The normalized spacial score (nSPS) is 12.2. The summed E-state index contributed by atoms with van der Waals surface area (Å²) in [6, 6.07) is 52.7. The second-order valence-corrected chi connectivity index (χ2v) is 16.3. The van der Waals surface area contributed by atoms with E-state index in [2.05, 4.69) is 209 Å². The van der Waals surface area contributed by atoms with Crippen LogP contribution in [0.5, 0.6) is 0 Å². The summed E-state index contributed by atoms with van der Waals surface area (Å²) >= 11 is 2.60. The Morgan fingerprint density at radius 3 is 0.710 bits per heavy atom. The zero-order valence-electron chi connectivity index (χ0n) is 39.0. The fraction of sp³-hybridized carbons (Fsp3) is 0.345. The van der Waals surface area contributed by atoms with Gasteiger partial charge in [-0.25, -0.2) is 0 Å². The first kappa shape index (κ1) is 57.4. The molecule has 0 nitrogen and oxygen atoms in total. The van der Waals surface area contributed by atoms with Crippen molar-refractivity contribution in [2.75, 3.05) is 0 Å². The number of halogens is 2. The number of hydrogen-bond donors (Lipinski definition) is 0. The first-order valence-corrected chi connectivity index (χ1v) is 26.1. The summed E-state index contributed by atoms with van der Waals surface area (Å²) in [5, 5.41) is 11.3. The summed E-state index contributed by atoms with van der Waals surface area (Å²) in [7, 11) is 0. The van der Waals surface area contributed by atoms with Crippen LogP contribution in [0.2, 0.25) is 0 Å². The summed E-state index contributed by atoms with van der Waals surface area (Å²) in [4.78, 5) is 0. The van der Waals surface area contributed by atoms with Crippen LogP contribution < -0.4 is 24.8 Å². The molecule has 8 aromatic carbocycles. The molecule has 0 fully saturated rings. The smallest absolute Gasteiger partial charge is 1.00 e. The summed E-state index contributed by atoms with van der Waals surface area (Å²) in [6.45, 7) is 18.3. The van der Waals surface area contributed by atoms with Gasteiger partial charge in [0.2, 0.25) is 0 Å². The molecule has 4 unspecified atom stereocenters. The molecule has 0 aliphatic carbocycles. The van der Waals surface area contributed by atoms with Gasteiger partial charge in [-0.15, -0.1) is 164 Å². The Balaban J connectivity index is 0.000000398. The van der Waals surface area contributed by atoms with Gasteiger partial charge >= 0.3 is 56.9 Å². The molecule has 0 heterocycles. The van der Waals surface area contributed by atoms with E-state index in [-0.39, 0.29) is 24.8 Å². The van der Waals surface area contributed by atoms with Crippen molar-refractivity contribution in [1.29, 1.82) is 0 Å². The van der Waals surface area contributed by atoms with Gasteiger partial charge in [0.15, 0.2) is 0 Å². The van der Waals surface area contributed by atoms with Crippen LogP contribution in [0.3, 0.4) is 0 Å². The molecule has 0 aliphatic heterocycles. The van der Waals surface area contributed by atoms with Crippen molar-refractivity contribution in [3.63, 3.8) is 0 Å². The van der Waals surface area contributed by atoms with Crippen LogP contribution in [0.25, 0.3) is 43.1 Å². The average Bonchev–Trinajstić information content (AvgIpc) is 4.11. The molecule has 0 radical (unpaired) electrons. The zero-order valence-corrected chi connectivity index (χ0v) is 45.4. The van der Waals surface area contributed by atoms with E-state index in [4.69, 9.17) is 0 Å². The van der Waals surface area contributed by atoms with Gasteiger partial charge < -0.3 is 24.8 Å². The molecule has 4 heteroatoms. The minimum atomic E-state index is 0. The van der Waals surface area contributed by atoms with E-state index in [1.807, 2.05) is 0 Å². The van der Waals surface area contributed by atoms with E-state index >= 15 is 0 Å². The summed E-state index contributed by atoms with van der Waals surface area (Å²) < 4.78 is 6.68. The second-order valence-electron chi connectivity index (χ2n) is 16.3. The molecule has 4 atom stereocenters. The average molecular weight is 1020 g/mol. The number of hydrogen-bond acceptors (Lipinski definition) is 0. The van der Waals surface area contributed by atoms with Crippen LogP contribution in [0.1, 0.15) is 153 Å². The number of fused-ring (bicyclic) bond motifs is 4. The summed E-state index contributed by atoms with van der Waals surface area (Å²) in [5.74, 6) is 2.78. The predicted octanol–water partition coefficient (Wildman–Crippen LogP) is 11.8. The van der Waals surface area contributed by atoms with Crippen LogP contribution in [0.4, 0.5) is 0 Å². The van der Waals surface area contributed by atoms with Crippen LogP contribution in [-0.4, -0.2) is 8.42 Å². The van der Waals surface area contributed by atoms with E-state index in [9.17, 15) is 0 Å². The minimum Gasteiger partial charge on any atom is -1.00 e. The number of rotatable bonds is 12. The Morgan fingerprint density at radius 2 is 0.532 bits per heavy atom. The maximum Gasteiger partial charge on any atom is -1.00 e. The van der Waals surface area contributed by atoms with Crippen molar-refractivity contribution < 1.29 is 73.3 Å². The molecule has 8 rings (SSSR count). The van der Waals surface area contributed by atoms with Gasteiger partial charge in [-0.3, -0.25) is 0 Å². The maximum atomic E-state index is 3.34. The molecule has 328 valence electrons. The fourth-order valence-corrected chi connectivity index (χ4v) is 8.77. The van der Waals surface area contributed by atoms with Gasteiger partial charge in [0.1, 0.15) is 0 Å². The van der Waals surface area contributed by atoms with E-state index in [0.717, 1.165) is 0 Å². The first-order chi connectivity index (χ1) is 29.3. The van der Waals surface area contributed by atoms with Crippen LogP contribution in [0, 0.1) is 0 Å². The molecule has 8 aromatic rings. The van der Waals surface area contributed by atoms with Crippen LogP contribution in [0.15, 0.2) is 146 Å². The second kappa shape index (κ2) is 32.1. The van der Waals surface area contributed by atoms with Crippen molar-refractivity contribution >= 4 is 51.5 Å². The maximum absolute atomic E-state index is 3.34. The Bertz CT molecular complexity index is 2020. The quantitative estimate of drug-likeness (QED) is 0.107. The third-order valence-electron chi connectivity index (χ3n) is 11.9. The Morgan fingerprint density at radius 1 is 0.355 bits per heavy atom. The van der Waals surface area contributed by atoms with Crippen molar-refractivity contribution in [1.82, 2.24) is 0 Å². The fourth-order valence-electron chi connectivity index (χ4n) is 8.77. The monoisotopic (exact) mass is 1020 g/mol. The Kier molecular flexibility index (Phi) is 29.8. The van der Waals surface area contributed by atoms with E-state index in [1.54, 1.807) is 0 Å². The molecule has 0 saturated carbocycles. The molecular formula is C58H72Cl2Zr2-2. The predicted molar refractivity (Wildman–Crippen MR) is 266 cm³/mol. The molecule has 0 aromatic heterocycles. The molecule has 0 spiro atoms. The molecule has 0 saturated heterocycles. The van der Waals surface area contributed by atoms with Gasteiger partial charge in [0.25, 0.3) is 0 Å². The molecule has 0 bridgehead atoms. The summed E-state index contributed by atoms with van der Waals surface area (Å²) in [5.41, 5.74) is 6.06. The van der Waals surface area contributed by atoms with Crippen molar-refractivity contribution in [3.05, 3.63) is 168 Å². The van der Waals surface area contributed by atoms with Gasteiger partial charge in [-0.05, 0) is 0 Å². The largest absolute Gasteiger partial charge is 1.00 e. The van der Waals surface area contributed by atoms with Crippen LogP contribution >= 0.6 is 0 Å². The van der Waals surface area contributed by atoms with Crippen molar-refractivity contribution in [2.24, 2.45) is 0 Å². The van der Waals surface area contributed by atoms with Crippen LogP contribution in [-0.2, 0) is 48.5 Å². The van der Waals surface area contributed by atoms with Gasteiger partial charge in [0, 0.05) is 0 Å². The van der Waals surface area contributed by atoms with E-state index in [0.29, 0.717) is 23.7 Å². The topological polar surface area (TPSA) is 0 Å². The number of benzene rings is 4. The third-order valence-corrected chi connectivity index (χ3v) is 11.9. The van der Waals surface area contributed by atoms with E-state index < -0.39 is 0 Å². The zero-order chi connectivity index (χ0) is 43.9. The molecule has 0 amide bonds. The first-order valence-electron chi connectivity index (χ1n) is 22.6. The summed E-state index contributed by atoms with van der Waals surface area (Å²) in [6.07, 6.45) is 10.2. The minimum absolute atomic E-state index is 0. The Labute approximate surface area is 419 Å². The van der Waals surface area contributed by atoms with Gasteiger partial charge in [-0.1, -0.05) is 155 Å². The standard InChI is InChI=1S/4C14H17.2CH2.2ClH.2Zr/c4*1-3-6-11(2)13-10-9-12-7-4-5-8-14(12)13;;;;;;/h4*4-5,7-11H,3,6H2,1-2H3;2*1H2;2*1H;;/q4*-1;;;;;2*+2/p-2. The van der Waals surface area contributed by atoms with Gasteiger partial charge in [-0.2, -0.15) is 22.3 Å². The Hall–Kier alpha value is -2.59. The van der Waals surface area contributed by atoms with E-state index in [1.165, 1.54) is 165 Å². The van der Waals surface area contributed by atoms with Crippen molar-refractivity contribution in [2.45, 2.75) is 130 Å². The SMILES string of the molecule is CCCC(C)c1c[cH-]c2ccccc12.CCCC(C)c1c[cH-]c2ccccc12.CCCC(C)c1c[cH-]c2ccccc12.CCCC(C)c1c[cH-]c2ccccc12.[CH2]=[Zr+2].[CH2]=[Zr+2].[Cl-].[Cl-]. The van der Waals surface area contributed by atoms with Crippen molar-refractivity contribution in [3.8, 4) is 0 Å². The third kappa shape index (κ3) is 16.4.